The van der Waals surface area contributed by atoms with Gasteiger partial charge in [-0.3, -0.25) is 19.1 Å². The van der Waals surface area contributed by atoms with Crippen LogP contribution in [0.1, 0.15) is 18.1 Å². The first-order chi connectivity index (χ1) is 17.9. The van der Waals surface area contributed by atoms with Gasteiger partial charge in [0.25, 0.3) is 0 Å². The van der Waals surface area contributed by atoms with Crippen molar-refractivity contribution in [1.82, 2.24) is 14.5 Å². The highest BCUT2D eigenvalue weighted by molar-refractivity contribution is 7.80. The van der Waals surface area contributed by atoms with Crippen molar-refractivity contribution in [3.05, 3.63) is 107 Å². The number of nitrogens with zero attached hydrogens (tertiary/aromatic N) is 2. The number of benzene rings is 3. The molecule has 0 saturated carbocycles. The Morgan fingerprint density at radius 1 is 0.838 bits per heavy atom. The number of imidazole rings is 1. The summed E-state index contributed by atoms with van der Waals surface area (Å²) in [7, 11) is 0. The van der Waals surface area contributed by atoms with Crippen LogP contribution in [0.15, 0.2) is 89.7 Å². The zero-order valence-corrected chi connectivity index (χ0v) is 21.1. The predicted octanol–water partition coefficient (Wildman–Crippen LogP) is 3.68. The fourth-order valence-electron chi connectivity index (χ4n) is 3.85. The van der Waals surface area contributed by atoms with Crippen LogP contribution in [0.25, 0.3) is 11.0 Å². The number of hydrogen-bond acceptors (Lipinski definition) is 7. The van der Waals surface area contributed by atoms with E-state index in [0.29, 0.717) is 11.0 Å². The summed E-state index contributed by atoms with van der Waals surface area (Å²) in [5.74, 6) is -1.05. The number of H-pyrrole nitrogens is 1. The lowest BCUT2D eigenvalue weighted by Gasteiger charge is -2.28. The largest absolute Gasteiger partial charge is 0.460 e. The van der Waals surface area contributed by atoms with Crippen molar-refractivity contribution in [3.8, 4) is 0 Å². The van der Waals surface area contributed by atoms with Crippen molar-refractivity contribution in [3.63, 3.8) is 0 Å². The Kier molecular flexibility index (Phi) is 8.60. The zero-order chi connectivity index (χ0) is 26.2. The van der Waals surface area contributed by atoms with Crippen LogP contribution in [-0.2, 0) is 32.3 Å². The zero-order valence-electron chi connectivity index (χ0n) is 20.3. The number of nitrogens with one attached hydrogen (secondary N) is 1. The highest BCUT2D eigenvalue weighted by atomic mass is 32.1. The molecule has 1 atom stereocenters. The molecule has 3 aromatic carbocycles. The van der Waals surface area contributed by atoms with Crippen LogP contribution < -0.4 is 5.69 Å². The quantitative estimate of drug-likeness (QED) is 0.253. The molecule has 0 bridgehead atoms. The molecule has 8 nitrogen and oxygen atoms in total. The topological polar surface area (TPSA) is 93.6 Å². The second kappa shape index (κ2) is 12.2. The van der Waals surface area contributed by atoms with Crippen LogP contribution in [0.4, 0.5) is 0 Å². The van der Waals surface area contributed by atoms with Gasteiger partial charge in [-0.2, -0.15) is 0 Å². The van der Waals surface area contributed by atoms with Gasteiger partial charge in [0, 0.05) is 0 Å². The van der Waals surface area contributed by atoms with Gasteiger partial charge in [-0.1, -0.05) is 85.0 Å². The predicted molar refractivity (Wildman–Crippen MR) is 144 cm³/mol. The molecule has 37 heavy (non-hydrogen) atoms. The lowest BCUT2D eigenvalue weighted by atomic mass is 10.2. The van der Waals surface area contributed by atoms with Gasteiger partial charge < -0.3 is 14.5 Å². The summed E-state index contributed by atoms with van der Waals surface area (Å²) >= 11 is 5.67. The minimum absolute atomic E-state index is 0.104. The molecule has 9 heteroatoms. The fourth-order valence-corrected chi connectivity index (χ4v) is 4.18. The summed E-state index contributed by atoms with van der Waals surface area (Å²) in [6.07, 6.45) is 0. The van der Waals surface area contributed by atoms with Gasteiger partial charge in [0.15, 0.2) is 0 Å². The first kappa shape index (κ1) is 26.0. The Hall–Kier alpha value is -4.08. The molecule has 1 heterocycles. The van der Waals surface area contributed by atoms with Gasteiger partial charge >= 0.3 is 17.6 Å². The fraction of sp³-hybridized carbons (Fsp3) is 0.214. The first-order valence-corrected chi connectivity index (χ1v) is 12.2. The number of carbonyl (C=O) groups is 2. The first-order valence-electron chi connectivity index (χ1n) is 11.8. The molecule has 1 N–H and O–H groups in total. The third kappa shape index (κ3) is 6.78. The number of carbonyl (C=O) groups excluding carboxylic acids is 2. The van der Waals surface area contributed by atoms with E-state index in [1.807, 2.05) is 66.7 Å². The van der Waals surface area contributed by atoms with E-state index in [-0.39, 0.29) is 31.3 Å². The molecule has 4 rings (SSSR count). The maximum Gasteiger partial charge on any atom is 0.331 e. The van der Waals surface area contributed by atoms with Crippen LogP contribution in [0.5, 0.6) is 0 Å². The van der Waals surface area contributed by atoms with E-state index in [1.165, 1.54) is 4.57 Å². The molecule has 0 aliphatic heterocycles. The molecule has 1 aromatic heterocycles. The van der Waals surface area contributed by atoms with Gasteiger partial charge in [-0.25, -0.2) is 4.79 Å². The van der Waals surface area contributed by atoms with E-state index >= 15 is 0 Å². The highest BCUT2D eigenvalue weighted by Crippen LogP contribution is 2.13. The highest BCUT2D eigenvalue weighted by Gasteiger charge is 2.27. The van der Waals surface area contributed by atoms with Crippen molar-refractivity contribution >= 4 is 40.2 Å². The number of fused-ring (bicyclic) bond motifs is 1. The molecule has 4 aromatic rings. The van der Waals surface area contributed by atoms with Crippen LogP contribution in [-0.4, -0.2) is 50.5 Å². The Labute approximate surface area is 219 Å². The third-order valence-electron chi connectivity index (χ3n) is 5.86. The van der Waals surface area contributed by atoms with Gasteiger partial charge in [0.05, 0.1) is 30.2 Å². The SMILES string of the molecule is C[C@@H](C(=S)n1c(=O)[nH]c2ccccc21)N(CC(=O)OCc1ccccc1)CC(=O)OCc1ccccc1. The van der Waals surface area contributed by atoms with Crippen molar-refractivity contribution in [2.75, 3.05) is 13.1 Å². The molecule has 0 radical (unpaired) electrons. The number of ether oxygens (including phenoxy) is 2. The Morgan fingerprint density at radius 2 is 1.32 bits per heavy atom. The number of esters is 2. The van der Waals surface area contributed by atoms with Gasteiger partial charge in [0.2, 0.25) is 0 Å². The molecule has 0 saturated heterocycles. The number of hydrogen-bond donors (Lipinski definition) is 1. The summed E-state index contributed by atoms with van der Waals surface area (Å²) in [6, 6.07) is 25.1. The van der Waals surface area contributed by atoms with E-state index in [2.05, 4.69) is 4.98 Å². The van der Waals surface area contributed by atoms with Crippen molar-refractivity contribution < 1.29 is 19.1 Å². The molecule has 0 amide bonds. The molecule has 0 aliphatic carbocycles. The van der Waals surface area contributed by atoms with Crippen LogP contribution >= 0.6 is 12.2 Å². The average Bonchev–Trinajstić information content (AvgIpc) is 3.26. The number of para-hydroxylation sites is 2. The van der Waals surface area contributed by atoms with Crippen molar-refractivity contribution in [2.45, 2.75) is 26.2 Å². The molecule has 0 fully saturated rings. The van der Waals surface area contributed by atoms with Gasteiger partial charge in [-0.05, 0) is 30.2 Å². The van der Waals surface area contributed by atoms with E-state index in [9.17, 15) is 14.4 Å². The monoisotopic (exact) mass is 517 g/mol. The van der Waals surface area contributed by atoms with E-state index in [0.717, 1.165) is 11.1 Å². The van der Waals surface area contributed by atoms with Gasteiger partial charge in [0.1, 0.15) is 18.2 Å². The van der Waals surface area contributed by atoms with Gasteiger partial charge in [-0.15, -0.1) is 0 Å². The lowest BCUT2D eigenvalue weighted by molar-refractivity contribution is -0.150. The molecular weight excluding hydrogens is 490 g/mol. The Balaban J connectivity index is 1.49. The molecule has 190 valence electrons. The molecule has 0 unspecified atom stereocenters. The summed E-state index contributed by atoms with van der Waals surface area (Å²) in [4.78, 5) is 42.8. The standard InChI is InChI=1S/C28H27N3O5S/c1-20(27(37)31-24-15-9-8-14-23(24)29-28(31)34)30(16-25(32)35-18-21-10-4-2-5-11-21)17-26(33)36-19-22-12-6-3-7-13-22/h2-15,20H,16-19H2,1H3,(H,29,34)/t20-/m0/s1. The van der Waals surface area contributed by atoms with E-state index in [4.69, 9.17) is 21.7 Å². The van der Waals surface area contributed by atoms with E-state index < -0.39 is 23.7 Å². The summed E-state index contributed by atoms with van der Waals surface area (Å²) in [6.45, 7) is 1.52. The molecule has 0 aliphatic rings. The number of aromatic amines is 1. The summed E-state index contributed by atoms with van der Waals surface area (Å²) in [5.41, 5.74) is 2.55. The lowest BCUT2D eigenvalue weighted by Crippen LogP contribution is -2.48. The number of thiocarbonyl (C=S) groups is 1. The van der Waals surface area contributed by atoms with Crippen LogP contribution in [0, 0.1) is 0 Å². The van der Waals surface area contributed by atoms with Crippen molar-refractivity contribution in [2.24, 2.45) is 0 Å². The second-order valence-electron chi connectivity index (χ2n) is 8.49. The normalized spacial score (nSPS) is 11.8. The minimum atomic E-state index is -0.638. The maximum absolute atomic E-state index is 12.7. The third-order valence-corrected chi connectivity index (χ3v) is 6.39. The minimum Gasteiger partial charge on any atom is -0.460 e. The summed E-state index contributed by atoms with van der Waals surface area (Å²) < 4.78 is 12.2. The second-order valence-corrected chi connectivity index (χ2v) is 8.91. The number of aromatic nitrogens is 2. The Morgan fingerprint density at radius 3 is 1.86 bits per heavy atom. The average molecular weight is 518 g/mol. The maximum atomic E-state index is 12.7. The van der Waals surface area contributed by atoms with E-state index in [1.54, 1.807) is 30.0 Å². The number of rotatable bonds is 10. The smallest absolute Gasteiger partial charge is 0.331 e. The van der Waals surface area contributed by atoms with Crippen LogP contribution in [0.2, 0.25) is 0 Å². The summed E-state index contributed by atoms with van der Waals surface area (Å²) in [5, 5.41) is 0. The van der Waals surface area contributed by atoms with Crippen LogP contribution in [0.3, 0.4) is 0 Å². The molecule has 0 spiro atoms. The van der Waals surface area contributed by atoms with Crippen molar-refractivity contribution in [1.29, 1.82) is 0 Å². The molecular formula is C28H27N3O5S. The Bertz CT molecular complexity index is 1370.